The molecule has 1 aromatic rings. The monoisotopic (exact) mass is 304 g/mol. The number of carbonyl (C=O) groups excluding carboxylic acids is 2. The van der Waals surface area contributed by atoms with Crippen molar-refractivity contribution in [3.05, 3.63) is 35.9 Å². The average molecular weight is 304 g/mol. The van der Waals surface area contributed by atoms with Gasteiger partial charge in [0.2, 0.25) is 5.91 Å². The first-order valence-electron chi connectivity index (χ1n) is 7.80. The van der Waals surface area contributed by atoms with Crippen LogP contribution in [0, 0.1) is 5.41 Å². The lowest BCUT2D eigenvalue weighted by atomic mass is 9.80. The number of piperidine rings is 1. The molecule has 1 fully saturated rings. The second-order valence-electron chi connectivity index (χ2n) is 6.09. The third-order valence-electron chi connectivity index (χ3n) is 4.17. The van der Waals surface area contributed by atoms with Crippen LogP contribution in [0.15, 0.2) is 30.3 Å². The summed E-state index contributed by atoms with van der Waals surface area (Å²) in [6.07, 6.45) is 2.15. The zero-order chi connectivity index (χ0) is 16.0. The fourth-order valence-electron chi connectivity index (χ4n) is 2.86. The summed E-state index contributed by atoms with van der Waals surface area (Å²) in [6.45, 7) is 3.57. The quantitative estimate of drug-likeness (QED) is 0.809. The highest BCUT2D eigenvalue weighted by Crippen LogP contribution is 2.30. The van der Waals surface area contributed by atoms with Crippen molar-refractivity contribution in [1.82, 2.24) is 10.2 Å². The molecule has 0 bridgehead atoms. The van der Waals surface area contributed by atoms with Crippen LogP contribution < -0.4 is 5.32 Å². The van der Waals surface area contributed by atoms with Gasteiger partial charge in [0.15, 0.2) is 0 Å². The predicted octanol–water partition coefficient (Wildman–Crippen LogP) is 1.43. The van der Waals surface area contributed by atoms with Crippen LogP contribution in [0.25, 0.3) is 0 Å². The van der Waals surface area contributed by atoms with E-state index >= 15 is 0 Å². The number of amides is 2. The van der Waals surface area contributed by atoms with Crippen LogP contribution in [0.3, 0.4) is 0 Å². The van der Waals surface area contributed by atoms with E-state index in [9.17, 15) is 9.59 Å². The molecule has 5 nitrogen and oxygen atoms in total. The van der Waals surface area contributed by atoms with Gasteiger partial charge in [-0.05, 0) is 38.3 Å². The zero-order valence-corrected chi connectivity index (χ0v) is 13.0. The molecule has 2 N–H and O–H groups in total. The van der Waals surface area contributed by atoms with Crippen molar-refractivity contribution in [2.24, 2.45) is 5.41 Å². The molecule has 0 aliphatic carbocycles. The summed E-state index contributed by atoms with van der Waals surface area (Å²) in [6, 6.07) is 9.17. The Balaban J connectivity index is 2.01. The minimum absolute atomic E-state index is 0.0188. The zero-order valence-electron chi connectivity index (χ0n) is 13.0. The molecule has 0 aromatic heterocycles. The van der Waals surface area contributed by atoms with Crippen molar-refractivity contribution in [2.45, 2.75) is 26.2 Å². The van der Waals surface area contributed by atoms with Crippen LogP contribution in [0.1, 0.15) is 36.5 Å². The van der Waals surface area contributed by atoms with Gasteiger partial charge < -0.3 is 15.3 Å². The molecule has 0 radical (unpaired) electrons. The van der Waals surface area contributed by atoms with E-state index in [-0.39, 0.29) is 18.4 Å². The topological polar surface area (TPSA) is 69.6 Å². The van der Waals surface area contributed by atoms with Crippen molar-refractivity contribution in [3.8, 4) is 0 Å². The molecule has 0 saturated carbocycles. The molecule has 120 valence electrons. The van der Waals surface area contributed by atoms with Gasteiger partial charge in [-0.2, -0.15) is 0 Å². The molecule has 0 spiro atoms. The number of aliphatic hydroxyl groups excluding tert-OH is 1. The molecule has 1 heterocycles. The van der Waals surface area contributed by atoms with Crippen LogP contribution in [0.2, 0.25) is 0 Å². The number of nitrogens with zero attached hydrogens (tertiary/aromatic N) is 1. The SMILES string of the molecule is CC1(C(=O)NCCCO)CCCN(C(=O)c2ccccc2)C1. The summed E-state index contributed by atoms with van der Waals surface area (Å²) in [7, 11) is 0. The van der Waals surface area contributed by atoms with Crippen molar-refractivity contribution in [2.75, 3.05) is 26.2 Å². The Hall–Kier alpha value is -1.88. The van der Waals surface area contributed by atoms with Crippen LogP contribution in [0.5, 0.6) is 0 Å². The first kappa shape index (κ1) is 16.5. The normalized spacial score (nSPS) is 21.5. The third kappa shape index (κ3) is 3.85. The molecule has 1 saturated heterocycles. The number of carbonyl (C=O) groups is 2. The van der Waals surface area contributed by atoms with Crippen LogP contribution in [-0.4, -0.2) is 48.1 Å². The van der Waals surface area contributed by atoms with E-state index in [1.54, 1.807) is 17.0 Å². The van der Waals surface area contributed by atoms with Gasteiger partial charge in [-0.3, -0.25) is 9.59 Å². The van der Waals surface area contributed by atoms with E-state index in [1.165, 1.54) is 0 Å². The van der Waals surface area contributed by atoms with Crippen LogP contribution in [0.4, 0.5) is 0 Å². The number of rotatable bonds is 5. The first-order chi connectivity index (χ1) is 10.6. The number of aliphatic hydroxyl groups is 1. The maximum atomic E-state index is 12.5. The maximum Gasteiger partial charge on any atom is 0.253 e. The van der Waals surface area contributed by atoms with E-state index in [1.807, 2.05) is 25.1 Å². The van der Waals surface area contributed by atoms with E-state index in [4.69, 9.17) is 5.11 Å². The smallest absolute Gasteiger partial charge is 0.253 e. The van der Waals surface area contributed by atoms with Gasteiger partial charge in [0.25, 0.3) is 5.91 Å². The molecule has 1 aliphatic heterocycles. The molecule has 2 amide bonds. The summed E-state index contributed by atoms with van der Waals surface area (Å²) >= 11 is 0. The Labute approximate surface area is 131 Å². The van der Waals surface area contributed by atoms with Crippen LogP contribution >= 0.6 is 0 Å². The Bertz CT molecular complexity index is 518. The largest absolute Gasteiger partial charge is 0.396 e. The third-order valence-corrected chi connectivity index (χ3v) is 4.17. The van der Waals surface area contributed by atoms with E-state index < -0.39 is 5.41 Å². The Morgan fingerprint density at radius 2 is 2.05 bits per heavy atom. The number of benzene rings is 1. The standard InChI is InChI=1S/C17H24N2O3/c1-17(16(22)18-10-6-12-20)9-5-11-19(13-17)15(21)14-7-3-2-4-8-14/h2-4,7-8,20H,5-6,9-13H2,1H3,(H,18,22). The fourth-order valence-corrected chi connectivity index (χ4v) is 2.86. The summed E-state index contributed by atoms with van der Waals surface area (Å²) in [5.74, 6) is -0.0544. The Morgan fingerprint density at radius 3 is 2.73 bits per heavy atom. The number of hydrogen-bond donors (Lipinski definition) is 2. The molecule has 2 rings (SSSR count). The number of hydrogen-bond acceptors (Lipinski definition) is 3. The Morgan fingerprint density at radius 1 is 1.32 bits per heavy atom. The van der Waals surface area contributed by atoms with Gasteiger partial charge in [0.1, 0.15) is 0 Å². The molecule has 5 heteroatoms. The average Bonchev–Trinajstić information content (AvgIpc) is 2.55. The van der Waals surface area contributed by atoms with Crippen LogP contribution in [-0.2, 0) is 4.79 Å². The maximum absolute atomic E-state index is 12.5. The van der Waals surface area contributed by atoms with E-state index in [0.717, 1.165) is 12.8 Å². The van der Waals surface area contributed by atoms with Gasteiger partial charge in [0, 0.05) is 31.8 Å². The van der Waals surface area contributed by atoms with Crippen molar-refractivity contribution < 1.29 is 14.7 Å². The molecule has 1 aromatic carbocycles. The van der Waals surface area contributed by atoms with E-state index in [0.29, 0.717) is 31.6 Å². The molecule has 1 aliphatic rings. The highest BCUT2D eigenvalue weighted by Gasteiger charge is 2.39. The highest BCUT2D eigenvalue weighted by molar-refractivity contribution is 5.95. The minimum atomic E-state index is -0.557. The number of nitrogens with one attached hydrogen (secondary N) is 1. The summed E-state index contributed by atoms with van der Waals surface area (Å²) < 4.78 is 0. The van der Waals surface area contributed by atoms with Gasteiger partial charge in [-0.1, -0.05) is 18.2 Å². The summed E-state index contributed by atoms with van der Waals surface area (Å²) in [5.41, 5.74) is 0.102. The molecule has 1 unspecified atom stereocenters. The van der Waals surface area contributed by atoms with Gasteiger partial charge in [-0.15, -0.1) is 0 Å². The minimum Gasteiger partial charge on any atom is -0.396 e. The summed E-state index contributed by atoms with van der Waals surface area (Å²) in [5, 5.41) is 11.6. The predicted molar refractivity (Wildman–Crippen MR) is 84.4 cm³/mol. The lowest BCUT2D eigenvalue weighted by Gasteiger charge is -2.39. The van der Waals surface area contributed by atoms with Gasteiger partial charge in [-0.25, -0.2) is 0 Å². The first-order valence-corrected chi connectivity index (χ1v) is 7.80. The van der Waals surface area contributed by atoms with Crippen molar-refractivity contribution in [3.63, 3.8) is 0 Å². The lowest BCUT2D eigenvalue weighted by Crippen LogP contribution is -2.52. The second-order valence-corrected chi connectivity index (χ2v) is 6.09. The highest BCUT2D eigenvalue weighted by atomic mass is 16.3. The second kappa shape index (κ2) is 7.40. The fraction of sp³-hybridized carbons (Fsp3) is 0.529. The van der Waals surface area contributed by atoms with Crippen molar-refractivity contribution in [1.29, 1.82) is 0 Å². The van der Waals surface area contributed by atoms with Gasteiger partial charge in [0.05, 0.1) is 5.41 Å². The Kier molecular flexibility index (Phi) is 5.55. The summed E-state index contributed by atoms with van der Waals surface area (Å²) in [4.78, 5) is 26.7. The molecule has 1 atom stereocenters. The van der Waals surface area contributed by atoms with E-state index in [2.05, 4.69) is 5.32 Å². The molecular weight excluding hydrogens is 280 g/mol. The molecule has 22 heavy (non-hydrogen) atoms. The lowest BCUT2D eigenvalue weighted by molar-refractivity contribution is -0.132. The number of likely N-dealkylation sites (tertiary alicyclic amines) is 1. The van der Waals surface area contributed by atoms with Gasteiger partial charge >= 0.3 is 0 Å². The van der Waals surface area contributed by atoms with Crippen molar-refractivity contribution >= 4 is 11.8 Å². The molecular formula is C17H24N2O3.